The van der Waals surface area contributed by atoms with Crippen LogP contribution in [0.4, 0.5) is 0 Å². The first-order valence-corrected chi connectivity index (χ1v) is 5.25. The van der Waals surface area contributed by atoms with Crippen LogP contribution < -0.4 is 0 Å². The fourth-order valence-corrected chi connectivity index (χ4v) is 1.50. The largest absolute Gasteiger partial charge is 0.481 e. The Balaban J connectivity index is 2.61. The molecule has 1 saturated heterocycles. The first-order valence-electron chi connectivity index (χ1n) is 5.25. The molecular weight excluding hydrogens is 210 g/mol. The van der Waals surface area contributed by atoms with Crippen LogP contribution in [-0.4, -0.2) is 40.8 Å². The van der Waals surface area contributed by atoms with Crippen LogP contribution in [0.5, 0.6) is 0 Å². The lowest BCUT2D eigenvalue weighted by atomic mass is 9.90. The van der Waals surface area contributed by atoms with Gasteiger partial charge in [0.1, 0.15) is 0 Å². The van der Waals surface area contributed by atoms with Crippen molar-refractivity contribution in [2.45, 2.75) is 27.2 Å². The van der Waals surface area contributed by atoms with Gasteiger partial charge in [-0.3, -0.25) is 14.4 Å². The van der Waals surface area contributed by atoms with Gasteiger partial charge in [0, 0.05) is 18.4 Å². The third-order valence-electron chi connectivity index (χ3n) is 2.73. The number of Topliss-reactive ketones (excluding diaryl/α,β-unsaturated/α-hetero) is 1. The smallest absolute Gasteiger partial charge is 0.308 e. The summed E-state index contributed by atoms with van der Waals surface area (Å²) in [5.41, 5.74) is -0.498. The highest BCUT2D eigenvalue weighted by Gasteiger charge is 2.36. The van der Waals surface area contributed by atoms with Crippen molar-refractivity contribution in [3.05, 3.63) is 0 Å². The topological polar surface area (TPSA) is 74.7 Å². The Morgan fingerprint density at radius 3 is 2.38 bits per heavy atom. The summed E-state index contributed by atoms with van der Waals surface area (Å²) in [6.45, 7) is 5.52. The molecule has 0 aromatic heterocycles. The van der Waals surface area contributed by atoms with Gasteiger partial charge < -0.3 is 10.0 Å². The molecule has 5 nitrogen and oxygen atoms in total. The first-order chi connectivity index (χ1) is 7.21. The molecule has 1 N–H and O–H groups in total. The van der Waals surface area contributed by atoms with Crippen molar-refractivity contribution >= 4 is 17.7 Å². The number of hydrogen-bond acceptors (Lipinski definition) is 3. The van der Waals surface area contributed by atoms with Crippen molar-refractivity contribution < 1.29 is 19.5 Å². The number of carboxylic acids is 1. The van der Waals surface area contributed by atoms with E-state index in [0.717, 1.165) is 0 Å². The Kier molecular flexibility index (Phi) is 3.35. The van der Waals surface area contributed by atoms with Crippen LogP contribution in [0.15, 0.2) is 0 Å². The van der Waals surface area contributed by atoms with Crippen LogP contribution in [0.25, 0.3) is 0 Å². The molecule has 0 radical (unpaired) electrons. The summed E-state index contributed by atoms with van der Waals surface area (Å²) in [6.07, 6.45) is 0.00670. The molecule has 0 aromatic rings. The minimum Gasteiger partial charge on any atom is -0.481 e. The molecule has 90 valence electrons. The Morgan fingerprint density at radius 1 is 1.44 bits per heavy atom. The maximum atomic E-state index is 11.7. The van der Waals surface area contributed by atoms with Crippen LogP contribution in [0.1, 0.15) is 27.2 Å². The van der Waals surface area contributed by atoms with Crippen molar-refractivity contribution in [2.75, 3.05) is 13.1 Å². The summed E-state index contributed by atoms with van der Waals surface area (Å²) in [5.74, 6) is -1.93. The number of amides is 1. The van der Waals surface area contributed by atoms with E-state index in [1.54, 1.807) is 20.8 Å². The van der Waals surface area contributed by atoms with Gasteiger partial charge in [-0.05, 0) is 0 Å². The fourth-order valence-electron chi connectivity index (χ4n) is 1.50. The van der Waals surface area contributed by atoms with E-state index in [9.17, 15) is 14.4 Å². The lowest BCUT2D eigenvalue weighted by Gasteiger charge is -2.22. The van der Waals surface area contributed by atoms with Crippen LogP contribution in [0.3, 0.4) is 0 Å². The number of nitrogens with zero attached hydrogens (tertiary/aromatic N) is 1. The summed E-state index contributed by atoms with van der Waals surface area (Å²) >= 11 is 0. The molecule has 0 aliphatic carbocycles. The molecule has 1 amide bonds. The van der Waals surface area contributed by atoms with Crippen molar-refractivity contribution in [3.8, 4) is 0 Å². The van der Waals surface area contributed by atoms with Crippen LogP contribution >= 0.6 is 0 Å². The van der Waals surface area contributed by atoms with Gasteiger partial charge in [-0.15, -0.1) is 0 Å². The molecule has 1 atom stereocenters. The van der Waals surface area contributed by atoms with Gasteiger partial charge in [0.15, 0.2) is 5.78 Å². The number of likely N-dealkylation sites (tertiary alicyclic amines) is 1. The predicted octanol–water partition coefficient (Wildman–Crippen LogP) is 0.535. The summed E-state index contributed by atoms with van der Waals surface area (Å²) in [5, 5.41) is 8.78. The van der Waals surface area contributed by atoms with E-state index in [4.69, 9.17) is 5.11 Å². The second-order valence-electron chi connectivity index (χ2n) is 5.19. The molecule has 16 heavy (non-hydrogen) atoms. The highest BCUT2D eigenvalue weighted by molar-refractivity contribution is 5.92. The third kappa shape index (κ3) is 2.81. The van der Waals surface area contributed by atoms with E-state index in [-0.39, 0.29) is 31.2 Å². The quantitative estimate of drug-likeness (QED) is 0.763. The van der Waals surface area contributed by atoms with Crippen molar-refractivity contribution in [2.24, 2.45) is 11.3 Å². The van der Waals surface area contributed by atoms with E-state index >= 15 is 0 Å². The Bertz CT molecular complexity index is 329. The zero-order valence-corrected chi connectivity index (χ0v) is 9.82. The monoisotopic (exact) mass is 227 g/mol. The van der Waals surface area contributed by atoms with Gasteiger partial charge in [-0.2, -0.15) is 0 Å². The molecule has 1 aliphatic heterocycles. The SMILES string of the molecule is CC(C)(C)C(=O)CN1CC(C(=O)O)CC1=O. The molecule has 1 rings (SSSR count). The number of carbonyl (C=O) groups excluding carboxylic acids is 2. The maximum Gasteiger partial charge on any atom is 0.308 e. The fraction of sp³-hybridized carbons (Fsp3) is 0.727. The highest BCUT2D eigenvalue weighted by atomic mass is 16.4. The lowest BCUT2D eigenvalue weighted by Crippen LogP contribution is -2.37. The minimum atomic E-state index is -0.973. The number of carboxylic acid groups (broad SMARTS) is 1. The predicted molar refractivity (Wildman–Crippen MR) is 56.8 cm³/mol. The summed E-state index contributed by atoms with van der Waals surface area (Å²) in [6, 6.07) is 0. The molecule has 5 heteroatoms. The summed E-state index contributed by atoms with van der Waals surface area (Å²) < 4.78 is 0. The molecule has 0 spiro atoms. The van der Waals surface area contributed by atoms with E-state index in [2.05, 4.69) is 0 Å². The molecule has 1 aliphatic rings. The first kappa shape index (κ1) is 12.7. The Labute approximate surface area is 94.4 Å². The molecular formula is C11H17NO4. The van der Waals surface area contributed by atoms with E-state index in [1.807, 2.05) is 0 Å². The third-order valence-corrected chi connectivity index (χ3v) is 2.73. The average molecular weight is 227 g/mol. The Hall–Kier alpha value is -1.39. The van der Waals surface area contributed by atoms with E-state index in [1.165, 1.54) is 4.90 Å². The highest BCUT2D eigenvalue weighted by Crippen LogP contribution is 2.21. The molecule has 1 fully saturated rings. The zero-order valence-electron chi connectivity index (χ0n) is 9.82. The van der Waals surface area contributed by atoms with Gasteiger partial charge in [0.2, 0.25) is 5.91 Å². The number of hydrogen-bond donors (Lipinski definition) is 1. The van der Waals surface area contributed by atoms with E-state index < -0.39 is 17.3 Å². The standard InChI is InChI=1S/C11H17NO4/c1-11(2,3)8(13)6-12-5-7(10(15)16)4-9(12)14/h7H,4-6H2,1-3H3,(H,15,16). The summed E-state index contributed by atoms with van der Waals surface area (Å²) in [7, 11) is 0. The van der Waals surface area contributed by atoms with Gasteiger partial charge in [0.25, 0.3) is 0 Å². The second-order valence-corrected chi connectivity index (χ2v) is 5.19. The van der Waals surface area contributed by atoms with Crippen LogP contribution in [-0.2, 0) is 14.4 Å². The number of ketones is 1. The number of rotatable bonds is 3. The van der Waals surface area contributed by atoms with Gasteiger partial charge in [-0.1, -0.05) is 20.8 Å². The van der Waals surface area contributed by atoms with E-state index in [0.29, 0.717) is 0 Å². The van der Waals surface area contributed by atoms with Gasteiger partial charge in [-0.25, -0.2) is 0 Å². The molecule has 0 aromatic carbocycles. The Morgan fingerprint density at radius 2 is 2.00 bits per heavy atom. The molecule has 0 saturated carbocycles. The van der Waals surface area contributed by atoms with Gasteiger partial charge in [0.05, 0.1) is 12.5 Å². The molecule has 1 unspecified atom stereocenters. The van der Waals surface area contributed by atoms with Crippen LogP contribution in [0, 0.1) is 11.3 Å². The van der Waals surface area contributed by atoms with Crippen molar-refractivity contribution in [3.63, 3.8) is 0 Å². The molecule has 0 bridgehead atoms. The summed E-state index contributed by atoms with van der Waals surface area (Å²) in [4.78, 5) is 35.2. The van der Waals surface area contributed by atoms with Crippen molar-refractivity contribution in [1.82, 2.24) is 4.90 Å². The normalized spacial score (nSPS) is 21.3. The number of carbonyl (C=O) groups is 3. The number of aliphatic carboxylic acids is 1. The zero-order chi connectivity index (χ0) is 12.5. The molecule has 1 heterocycles. The van der Waals surface area contributed by atoms with Crippen LogP contribution in [0.2, 0.25) is 0 Å². The maximum absolute atomic E-state index is 11.7. The minimum absolute atomic E-state index is 0.00670. The van der Waals surface area contributed by atoms with Gasteiger partial charge >= 0.3 is 5.97 Å². The lowest BCUT2D eigenvalue weighted by molar-refractivity contribution is -0.141. The second kappa shape index (κ2) is 4.23. The van der Waals surface area contributed by atoms with Crippen molar-refractivity contribution in [1.29, 1.82) is 0 Å². The average Bonchev–Trinajstić information content (AvgIpc) is 2.46.